The molecule has 3 aromatic carbocycles. The van der Waals surface area contributed by atoms with Crippen molar-refractivity contribution in [2.24, 2.45) is 4.40 Å². The van der Waals surface area contributed by atoms with Gasteiger partial charge in [-0.05, 0) is 42.5 Å². The maximum Gasteiger partial charge on any atom is 0.112 e. The molecule has 0 heterocycles. The number of benzene rings is 3. The minimum absolute atomic E-state index is 0.360. The summed E-state index contributed by atoms with van der Waals surface area (Å²) >= 11 is 1.62. The Kier molecular flexibility index (Phi) is 5.17. The van der Waals surface area contributed by atoms with Gasteiger partial charge in [0.05, 0.1) is 0 Å². The summed E-state index contributed by atoms with van der Waals surface area (Å²) in [5.74, 6) is 0. The summed E-state index contributed by atoms with van der Waals surface area (Å²) in [7, 11) is 0. The van der Waals surface area contributed by atoms with Gasteiger partial charge in [0.1, 0.15) is 4.75 Å². The molecule has 0 aromatic heterocycles. The van der Waals surface area contributed by atoms with Crippen LogP contribution in [0.1, 0.15) is 30.5 Å². The van der Waals surface area contributed by atoms with E-state index in [4.69, 9.17) is 4.40 Å². The first-order chi connectivity index (χ1) is 11.7. The van der Waals surface area contributed by atoms with Crippen LogP contribution in [0.5, 0.6) is 0 Å². The second-order valence-electron chi connectivity index (χ2n) is 5.91. The van der Waals surface area contributed by atoms with Crippen LogP contribution in [-0.2, 0) is 4.75 Å². The van der Waals surface area contributed by atoms with Crippen molar-refractivity contribution in [1.29, 1.82) is 0 Å². The lowest BCUT2D eigenvalue weighted by Gasteiger charge is -2.33. The molecule has 0 spiro atoms. The summed E-state index contributed by atoms with van der Waals surface area (Å²) in [5.41, 5.74) is 4.76. The zero-order valence-electron chi connectivity index (χ0n) is 14.0. The van der Waals surface area contributed by atoms with Crippen LogP contribution in [-0.4, -0.2) is 5.71 Å². The van der Waals surface area contributed by atoms with Crippen molar-refractivity contribution in [3.63, 3.8) is 0 Å². The molecule has 0 saturated heterocycles. The van der Waals surface area contributed by atoms with Gasteiger partial charge in [0.25, 0.3) is 0 Å². The number of hydrogen-bond acceptors (Lipinski definition) is 2. The van der Waals surface area contributed by atoms with Crippen LogP contribution in [0.3, 0.4) is 0 Å². The Bertz CT molecular complexity index is 694. The van der Waals surface area contributed by atoms with E-state index in [0.29, 0.717) is 0 Å². The van der Waals surface area contributed by atoms with Crippen LogP contribution >= 0.6 is 11.9 Å². The Morgan fingerprint density at radius 3 is 1.25 bits per heavy atom. The Morgan fingerprint density at radius 1 is 0.625 bits per heavy atom. The molecule has 0 aliphatic rings. The van der Waals surface area contributed by atoms with Crippen molar-refractivity contribution in [3.8, 4) is 0 Å². The Labute approximate surface area is 148 Å². The van der Waals surface area contributed by atoms with Gasteiger partial charge in [0.2, 0.25) is 0 Å². The third-order valence-corrected chi connectivity index (χ3v) is 5.34. The number of nitrogens with zero attached hydrogens (tertiary/aromatic N) is 1. The van der Waals surface area contributed by atoms with E-state index in [-0.39, 0.29) is 4.75 Å². The Hall–Kier alpha value is -2.32. The lowest BCUT2D eigenvalue weighted by atomic mass is 9.84. The third-order valence-electron chi connectivity index (χ3n) is 3.91. The van der Waals surface area contributed by atoms with Gasteiger partial charge in [0.15, 0.2) is 0 Å². The minimum atomic E-state index is -0.360. The van der Waals surface area contributed by atoms with Crippen LogP contribution in [0.25, 0.3) is 0 Å². The summed E-state index contributed by atoms with van der Waals surface area (Å²) < 4.78 is 4.40. The van der Waals surface area contributed by atoms with Gasteiger partial charge in [-0.25, -0.2) is 4.40 Å². The van der Waals surface area contributed by atoms with Crippen molar-refractivity contribution in [2.45, 2.75) is 18.6 Å². The molecule has 0 N–H and O–H groups in total. The van der Waals surface area contributed by atoms with Gasteiger partial charge in [-0.1, -0.05) is 91.0 Å². The molecule has 0 atom stereocenters. The molecule has 0 aliphatic carbocycles. The van der Waals surface area contributed by atoms with Gasteiger partial charge < -0.3 is 0 Å². The zero-order valence-corrected chi connectivity index (χ0v) is 14.8. The van der Waals surface area contributed by atoms with Gasteiger partial charge in [-0.2, -0.15) is 0 Å². The summed E-state index contributed by atoms with van der Waals surface area (Å²) in [6.07, 6.45) is 0. The minimum Gasteiger partial charge on any atom is -0.225 e. The maximum atomic E-state index is 4.76. The molecule has 120 valence electrons. The molecule has 3 rings (SSSR count). The van der Waals surface area contributed by atoms with Gasteiger partial charge in [-0.3, -0.25) is 0 Å². The average Bonchev–Trinajstić information content (AvgIpc) is 2.65. The van der Waals surface area contributed by atoms with Crippen LogP contribution < -0.4 is 0 Å². The molecule has 0 fully saturated rings. The average molecular weight is 331 g/mol. The molecular weight excluding hydrogens is 310 g/mol. The zero-order chi connectivity index (χ0) is 16.8. The summed E-state index contributed by atoms with van der Waals surface area (Å²) in [6.45, 7) is 4.08. The molecule has 0 radical (unpaired) electrons. The van der Waals surface area contributed by atoms with Gasteiger partial charge >= 0.3 is 0 Å². The monoisotopic (exact) mass is 331 g/mol. The quantitative estimate of drug-likeness (QED) is 0.312. The highest BCUT2D eigenvalue weighted by atomic mass is 32.2. The van der Waals surface area contributed by atoms with Gasteiger partial charge in [0, 0.05) is 5.71 Å². The van der Waals surface area contributed by atoms with Crippen LogP contribution in [0.15, 0.2) is 95.4 Å². The lowest BCUT2D eigenvalue weighted by molar-refractivity contribution is 0.896. The smallest absolute Gasteiger partial charge is 0.112 e. The van der Waals surface area contributed by atoms with E-state index >= 15 is 0 Å². The van der Waals surface area contributed by atoms with Crippen molar-refractivity contribution < 1.29 is 0 Å². The molecular formula is C22H21NS. The third kappa shape index (κ3) is 3.29. The topological polar surface area (TPSA) is 12.4 Å². The van der Waals surface area contributed by atoms with Crippen molar-refractivity contribution in [3.05, 3.63) is 108 Å². The second-order valence-corrected chi connectivity index (χ2v) is 6.89. The summed E-state index contributed by atoms with van der Waals surface area (Å²) in [6, 6.07) is 31.9. The summed E-state index contributed by atoms with van der Waals surface area (Å²) in [4.78, 5) is 0. The fourth-order valence-electron chi connectivity index (χ4n) is 2.84. The van der Waals surface area contributed by atoms with Crippen LogP contribution in [0, 0.1) is 0 Å². The normalized spacial score (nSPS) is 11.1. The predicted molar refractivity (Wildman–Crippen MR) is 106 cm³/mol. The molecule has 1 nitrogen and oxygen atoms in total. The molecule has 0 unspecified atom stereocenters. The fraction of sp³-hybridized carbons (Fsp3) is 0.136. The van der Waals surface area contributed by atoms with Crippen molar-refractivity contribution in [2.75, 3.05) is 0 Å². The second kappa shape index (κ2) is 7.50. The first-order valence-electron chi connectivity index (χ1n) is 8.09. The van der Waals surface area contributed by atoms with E-state index in [2.05, 4.69) is 91.0 Å². The fourth-order valence-corrected chi connectivity index (χ4v) is 3.88. The van der Waals surface area contributed by atoms with E-state index < -0.39 is 0 Å². The molecule has 0 saturated carbocycles. The van der Waals surface area contributed by atoms with Crippen LogP contribution in [0.4, 0.5) is 0 Å². The molecule has 3 aromatic rings. The number of rotatable bonds is 5. The number of hydrogen-bond donors (Lipinski definition) is 0. The first kappa shape index (κ1) is 16.5. The SMILES string of the molecule is CC(C)=NSC(c1ccccc1)(c1ccccc1)c1ccccc1. The molecule has 0 bridgehead atoms. The Balaban J connectivity index is 2.30. The van der Waals surface area contributed by atoms with E-state index in [1.54, 1.807) is 11.9 Å². The standard InChI is InChI=1S/C22H21NS/c1-18(2)23-24-22(19-12-6-3-7-13-19,20-14-8-4-9-15-20)21-16-10-5-11-17-21/h3-17H,1-2H3. The predicted octanol–water partition coefficient (Wildman–Crippen LogP) is 6.11. The van der Waals surface area contributed by atoms with Crippen molar-refractivity contribution >= 4 is 17.7 Å². The van der Waals surface area contributed by atoms with Crippen LogP contribution in [0.2, 0.25) is 0 Å². The first-order valence-corrected chi connectivity index (χ1v) is 8.87. The molecule has 2 heteroatoms. The van der Waals surface area contributed by atoms with E-state index in [1.807, 2.05) is 13.8 Å². The highest BCUT2D eigenvalue weighted by molar-refractivity contribution is 7.99. The highest BCUT2D eigenvalue weighted by Crippen LogP contribution is 2.48. The molecule has 0 amide bonds. The van der Waals surface area contributed by atoms with E-state index in [9.17, 15) is 0 Å². The van der Waals surface area contributed by atoms with Gasteiger partial charge in [-0.15, -0.1) is 0 Å². The van der Waals surface area contributed by atoms with E-state index in [1.165, 1.54) is 16.7 Å². The molecule has 0 aliphatic heterocycles. The largest absolute Gasteiger partial charge is 0.225 e. The Morgan fingerprint density at radius 2 is 0.958 bits per heavy atom. The highest BCUT2D eigenvalue weighted by Gasteiger charge is 2.37. The maximum absolute atomic E-state index is 4.76. The van der Waals surface area contributed by atoms with E-state index in [0.717, 1.165) is 5.71 Å². The molecule has 24 heavy (non-hydrogen) atoms. The van der Waals surface area contributed by atoms with Crippen molar-refractivity contribution in [1.82, 2.24) is 0 Å². The lowest BCUT2D eigenvalue weighted by Crippen LogP contribution is -2.25. The summed E-state index contributed by atoms with van der Waals surface area (Å²) in [5, 5.41) is 0.